The van der Waals surface area contributed by atoms with Crippen LogP contribution in [0.5, 0.6) is 0 Å². The lowest BCUT2D eigenvalue weighted by atomic mass is 10.2. The number of hydrogen-bond donors (Lipinski definition) is 2. The van der Waals surface area contributed by atoms with Gasteiger partial charge in [-0.05, 0) is 37.6 Å². The van der Waals surface area contributed by atoms with Crippen molar-refractivity contribution in [3.63, 3.8) is 0 Å². The molecule has 0 atom stereocenters. The van der Waals surface area contributed by atoms with E-state index in [1.165, 1.54) is 0 Å². The molecule has 1 aromatic carbocycles. The maximum absolute atomic E-state index is 12.3. The quantitative estimate of drug-likeness (QED) is 0.699. The number of pyridine rings is 1. The fourth-order valence-electron chi connectivity index (χ4n) is 2.58. The first-order valence-electron chi connectivity index (χ1n) is 8.07. The first kappa shape index (κ1) is 16.6. The van der Waals surface area contributed by atoms with Gasteiger partial charge < -0.3 is 9.88 Å². The molecule has 25 heavy (non-hydrogen) atoms. The molecule has 7 heteroatoms. The smallest absolute Gasteiger partial charge is 0.320 e. The summed E-state index contributed by atoms with van der Waals surface area (Å²) in [5, 5.41) is 5.41. The lowest BCUT2D eigenvalue weighted by Crippen LogP contribution is -2.31. The van der Waals surface area contributed by atoms with Crippen molar-refractivity contribution in [2.24, 2.45) is 0 Å². The fraction of sp³-hybridized carbons (Fsp3) is 0.222. The summed E-state index contributed by atoms with van der Waals surface area (Å²) in [5.74, 6) is 0.493. The van der Waals surface area contributed by atoms with Gasteiger partial charge in [0, 0.05) is 19.3 Å². The Bertz CT molecular complexity index is 937. The molecule has 0 radical (unpaired) electrons. The van der Waals surface area contributed by atoms with Crippen molar-refractivity contribution in [2.75, 3.05) is 11.9 Å². The minimum atomic E-state index is -0.318. The molecule has 0 fully saturated rings. The van der Waals surface area contributed by atoms with E-state index in [-0.39, 0.29) is 11.6 Å². The van der Waals surface area contributed by atoms with Crippen LogP contribution < -0.4 is 16.2 Å². The normalized spacial score (nSPS) is 10.6. The zero-order valence-electron chi connectivity index (χ0n) is 13.9. The predicted octanol–water partition coefficient (Wildman–Crippen LogP) is 2.31. The molecule has 0 aliphatic carbocycles. The molecule has 2 heterocycles. The van der Waals surface area contributed by atoms with Crippen molar-refractivity contribution in [3.05, 3.63) is 64.7 Å². The van der Waals surface area contributed by atoms with E-state index in [0.29, 0.717) is 31.0 Å². The molecule has 3 aromatic rings. The largest absolute Gasteiger partial charge is 0.338 e. The van der Waals surface area contributed by atoms with Gasteiger partial charge in [0.1, 0.15) is 11.5 Å². The third-order valence-electron chi connectivity index (χ3n) is 3.77. The van der Waals surface area contributed by atoms with Crippen LogP contribution in [-0.2, 0) is 6.54 Å². The molecule has 2 amide bonds. The molecule has 0 spiro atoms. The molecule has 7 nitrogen and oxygen atoms in total. The molecule has 0 saturated heterocycles. The second-order valence-corrected chi connectivity index (χ2v) is 5.59. The van der Waals surface area contributed by atoms with E-state index in [9.17, 15) is 9.59 Å². The molecule has 0 saturated carbocycles. The Morgan fingerprint density at radius 2 is 1.96 bits per heavy atom. The van der Waals surface area contributed by atoms with Gasteiger partial charge in [0.2, 0.25) is 0 Å². The minimum Gasteiger partial charge on any atom is -0.338 e. The molecule has 3 rings (SSSR count). The van der Waals surface area contributed by atoms with Gasteiger partial charge in [0.25, 0.3) is 5.56 Å². The lowest BCUT2D eigenvalue weighted by molar-refractivity contribution is 0.251. The van der Waals surface area contributed by atoms with E-state index in [1.807, 2.05) is 24.3 Å². The topological polar surface area (TPSA) is 88.9 Å². The van der Waals surface area contributed by atoms with Crippen LogP contribution in [0.15, 0.2) is 53.5 Å². The highest BCUT2D eigenvalue weighted by atomic mass is 16.2. The molecule has 0 aliphatic rings. The number of para-hydroxylation sites is 2. The number of aromatic nitrogens is 3. The van der Waals surface area contributed by atoms with Gasteiger partial charge in [-0.1, -0.05) is 18.2 Å². The van der Waals surface area contributed by atoms with E-state index in [0.717, 1.165) is 11.0 Å². The summed E-state index contributed by atoms with van der Waals surface area (Å²) in [5.41, 5.74) is 1.97. The van der Waals surface area contributed by atoms with Gasteiger partial charge in [-0.15, -0.1) is 0 Å². The molecule has 2 aromatic heterocycles. The minimum absolute atomic E-state index is 0.100. The summed E-state index contributed by atoms with van der Waals surface area (Å²) in [6.07, 6.45) is 2.24. The monoisotopic (exact) mass is 337 g/mol. The summed E-state index contributed by atoms with van der Waals surface area (Å²) in [4.78, 5) is 32.5. The number of anilines is 1. The van der Waals surface area contributed by atoms with Crippen LogP contribution in [0.25, 0.3) is 11.0 Å². The van der Waals surface area contributed by atoms with E-state index in [1.54, 1.807) is 35.9 Å². The van der Waals surface area contributed by atoms with Gasteiger partial charge >= 0.3 is 6.03 Å². The van der Waals surface area contributed by atoms with Gasteiger partial charge in [-0.2, -0.15) is 0 Å². The average Bonchev–Trinajstić information content (AvgIpc) is 2.62. The lowest BCUT2D eigenvalue weighted by Gasteiger charge is -2.11. The van der Waals surface area contributed by atoms with E-state index < -0.39 is 0 Å². The maximum Gasteiger partial charge on any atom is 0.320 e. The average molecular weight is 337 g/mol. The Kier molecular flexibility index (Phi) is 5.03. The molecular weight excluding hydrogens is 318 g/mol. The molecule has 0 aliphatic heterocycles. The number of aryl methyl sites for hydroxylation is 2. The predicted molar refractivity (Wildman–Crippen MR) is 96.6 cm³/mol. The molecule has 0 bridgehead atoms. The number of carbonyl (C=O) groups is 1. The van der Waals surface area contributed by atoms with Gasteiger partial charge in [0.05, 0.1) is 11.0 Å². The maximum atomic E-state index is 12.3. The summed E-state index contributed by atoms with van der Waals surface area (Å²) < 4.78 is 1.70. The van der Waals surface area contributed by atoms with Crippen LogP contribution >= 0.6 is 0 Å². The first-order valence-corrected chi connectivity index (χ1v) is 8.07. The molecular formula is C18H19N5O2. The number of fused-ring (bicyclic) bond motifs is 1. The Morgan fingerprint density at radius 3 is 2.76 bits per heavy atom. The third kappa shape index (κ3) is 4.00. The Hall–Kier alpha value is -3.22. The van der Waals surface area contributed by atoms with Crippen molar-refractivity contribution >= 4 is 22.9 Å². The van der Waals surface area contributed by atoms with E-state index in [2.05, 4.69) is 20.6 Å². The van der Waals surface area contributed by atoms with Gasteiger partial charge in [0.15, 0.2) is 0 Å². The third-order valence-corrected chi connectivity index (χ3v) is 3.77. The van der Waals surface area contributed by atoms with Crippen LogP contribution in [0.3, 0.4) is 0 Å². The number of amides is 2. The number of hydrogen-bond acceptors (Lipinski definition) is 4. The zero-order valence-corrected chi connectivity index (χ0v) is 13.9. The second kappa shape index (κ2) is 7.57. The van der Waals surface area contributed by atoms with Crippen LogP contribution in [-0.4, -0.2) is 27.1 Å². The molecule has 128 valence electrons. The van der Waals surface area contributed by atoms with Gasteiger partial charge in [-0.3, -0.25) is 10.1 Å². The highest BCUT2D eigenvalue weighted by molar-refractivity contribution is 5.88. The fourth-order valence-corrected chi connectivity index (χ4v) is 2.58. The standard InChI is InChI=1S/C18H19N5O2/c1-13-17(24)23(15-8-3-2-7-14(15)21-13)12-6-11-20-18(25)22-16-9-4-5-10-19-16/h2-5,7-10H,6,11-12H2,1H3,(H2,19,20,22,25). The van der Waals surface area contributed by atoms with Crippen LogP contribution in [0.1, 0.15) is 12.1 Å². The highest BCUT2D eigenvalue weighted by Crippen LogP contribution is 2.10. The summed E-state index contributed by atoms with van der Waals surface area (Å²) in [6, 6.07) is 12.5. The van der Waals surface area contributed by atoms with Crippen LogP contribution in [0.2, 0.25) is 0 Å². The SMILES string of the molecule is Cc1nc2ccccc2n(CCCNC(=O)Nc2ccccn2)c1=O. The number of carbonyl (C=O) groups excluding carboxylic acids is 1. The Balaban J connectivity index is 1.59. The summed E-state index contributed by atoms with van der Waals surface area (Å²) in [7, 11) is 0. The number of nitrogens with one attached hydrogen (secondary N) is 2. The Labute approximate surface area is 144 Å². The zero-order chi connectivity index (χ0) is 17.6. The Morgan fingerprint density at radius 1 is 1.16 bits per heavy atom. The van der Waals surface area contributed by atoms with Crippen molar-refractivity contribution in [3.8, 4) is 0 Å². The van der Waals surface area contributed by atoms with Crippen molar-refractivity contribution in [1.82, 2.24) is 19.9 Å². The van der Waals surface area contributed by atoms with Gasteiger partial charge in [-0.25, -0.2) is 14.8 Å². The number of urea groups is 1. The van der Waals surface area contributed by atoms with Crippen molar-refractivity contribution < 1.29 is 4.79 Å². The van der Waals surface area contributed by atoms with E-state index >= 15 is 0 Å². The van der Waals surface area contributed by atoms with Crippen molar-refractivity contribution in [1.29, 1.82) is 0 Å². The molecule has 2 N–H and O–H groups in total. The molecule has 0 unspecified atom stereocenters. The number of nitrogens with zero attached hydrogens (tertiary/aromatic N) is 3. The summed E-state index contributed by atoms with van der Waals surface area (Å²) >= 11 is 0. The van der Waals surface area contributed by atoms with Crippen LogP contribution in [0.4, 0.5) is 10.6 Å². The second-order valence-electron chi connectivity index (χ2n) is 5.59. The van der Waals surface area contributed by atoms with E-state index in [4.69, 9.17) is 0 Å². The number of benzene rings is 1. The van der Waals surface area contributed by atoms with Crippen molar-refractivity contribution in [2.45, 2.75) is 19.9 Å². The first-order chi connectivity index (χ1) is 12.1. The summed E-state index contributed by atoms with van der Waals surface area (Å²) in [6.45, 7) is 2.66. The highest BCUT2D eigenvalue weighted by Gasteiger charge is 2.07. The number of rotatable bonds is 5. The van der Waals surface area contributed by atoms with Crippen LogP contribution in [0, 0.1) is 6.92 Å².